The number of amides is 2. The van der Waals surface area contributed by atoms with Gasteiger partial charge in [-0.3, -0.25) is 9.69 Å². The number of ether oxygens (including phenoxy) is 2. The topological polar surface area (TPSA) is 85.1 Å². The van der Waals surface area contributed by atoms with Crippen molar-refractivity contribution in [2.24, 2.45) is 5.73 Å². The molecule has 26 heavy (non-hydrogen) atoms. The first-order valence-corrected chi connectivity index (χ1v) is 9.03. The van der Waals surface area contributed by atoms with Gasteiger partial charge in [-0.2, -0.15) is 0 Å². The lowest BCUT2D eigenvalue weighted by atomic mass is 10.1. The number of methoxy groups -OCH3 is 1. The van der Waals surface area contributed by atoms with Crippen LogP contribution in [0.5, 0.6) is 5.75 Å². The number of hydrogen-bond donors (Lipinski definition) is 1. The van der Waals surface area contributed by atoms with Gasteiger partial charge in [-0.25, -0.2) is 4.79 Å². The van der Waals surface area contributed by atoms with Gasteiger partial charge in [-0.05, 0) is 31.0 Å². The Morgan fingerprint density at radius 1 is 1.27 bits per heavy atom. The Balaban J connectivity index is 2.02. The Labute approximate surface area is 155 Å². The third-order valence-electron chi connectivity index (χ3n) is 4.72. The van der Waals surface area contributed by atoms with Crippen LogP contribution in [0.1, 0.15) is 32.3 Å². The monoisotopic (exact) mass is 363 g/mol. The van der Waals surface area contributed by atoms with Crippen molar-refractivity contribution < 1.29 is 19.1 Å². The molecule has 7 heteroatoms. The number of nitrogens with zero attached hydrogens (tertiary/aromatic N) is 2. The van der Waals surface area contributed by atoms with Crippen LogP contribution in [0, 0.1) is 0 Å². The number of carbonyl (C=O) groups is 2. The zero-order chi connectivity index (χ0) is 19.1. The summed E-state index contributed by atoms with van der Waals surface area (Å²) in [5.74, 6) is 0.437. The van der Waals surface area contributed by atoms with Gasteiger partial charge in [0.1, 0.15) is 11.9 Å². The molecule has 2 amide bonds. The van der Waals surface area contributed by atoms with Crippen molar-refractivity contribution in [3.05, 3.63) is 29.8 Å². The van der Waals surface area contributed by atoms with Gasteiger partial charge in [0, 0.05) is 38.6 Å². The third kappa shape index (κ3) is 5.62. The van der Waals surface area contributed by atoms with Gasteiger partial charge in [0.2, 0.25) is 5.91 Å². The molecule has 144 valence electrons. The van der Waals surface area contributed by atoms with Crippen molar-refractivity contribution in [1.29, 1.82) is 0 Å². The van der Waals surface area contributed by atoms with Gasteiger partial charge >= 0.3 is 6.09 Å². The Bertz CT molecular complexity index is 605. The maximum Gasteiger partial charge on any atom is 0.410 e. The normalized spacial score (nSPS) is 19.0. The molecule has 1 fully saturated rings. The Kier molecular flexibility index (Phi) is 7.26. The van der Waals surface area contributed by atoms with E-state index < -0.39 is 0 Å². The van der Waals surface area contributed by atoms with E-state index in [1.54, 1.807) is 12.0 Å². The minimum absolute atomic E-state index is 0.116. The molecule has 1 aromatic carbocycles. The second-order valence-corrected chi connectivity index (χ2v) is 6.69. The first kappa shape index (κ1) is 20.0. The molecule has 2 N–H and O–H groups in total. The van der Waals surface area contributed by atoms with Crippen LogP contribution in [-0.2, 0) is 16.1 Å². The predicted molar refractivity (Wildman–Crippen MR) is 98.8 cm³/mol. The largest absolute Gasteiger partial charge is 0.497 e. The molecule has 0 radical (unpaired) electrons. The molecule has 0 aromatic heterocycles. The van der Waals surface area contributed by atoms with Crippen LogP contribution in [0.25, 0.3) is 0 Å². The van der Waals surface area contributed by atoms with Gasteiger partial charge in [-0.1, -0.05) is 19.1 Å². The van der Waals surface area contributed by atoms with Crippen molar-refractivity contribution in [3.8, 4) is 5.75 Å². The van der Waals surface area contributed by atoms with Crippen molar-refractivity contribution in [1.82, 2.24) is 9.80 Å². The molecule has 2 unspecified atom stereocenters. The van der Waals surface area contributed by atoms with E-state index in [1.807, 2.05) is 38.1 Å². The van der Waals surface area contributed by atoms with E-state index >= 15 is 0 Å². The second kappa shape index (κ2) is 9.43. The van der Waals surface area contributed by atoms with Crippen LogP contribution in [0.4, 0.5) is 4.79 Å². The second-order valence-electron chi connectivity index (χ2n) is 6.69. The summed E-state index contributed by atoms with van der Waals surface area (Å²) in [4.78, 5) is 27.6. The maximum absolute atomic E-state index is 12.3. The molecule has 1 aromatic rings. The van der Waals surface area contributed by atoms with Crippen LogP contribution in [0.3, 0.4) is 0 Å². The van der Waals surface area contributed by atoms with Crippen LogP contribution < -0.4 is 10.5 Å². The van der Waals surface area contributed by atoms with Crippen LogP contribution in [-0.4, -0.2) is 60.7 Å². The van der Waals surface area contributed by atoms with Crippen LogP contribution >= 0.6 is 0 Å². The molecule has 1 aliphatic rings. The molecule has 2 atom stereocenters. The van der Waals surface area contributed by atoms with Crippen LogP contribution in [0.2, 0.25) is 0 Å². The zero-order valence-corrected chi connectivity index (χ0v) is 15.8. The fourth-order valence-corrected chi connectivity index (χ4v) is 2.99. The van der Waals surface area contributed by atoms with E-state index in [0.717, 1.165) is 17.7 Å². The number of benzene rings is 1. The maximum atomic E-state index is 12.3. The minimum atomic E-state index is -0.369. The summed E-state index contributed by atoms with van der Waals surface area (Å²) < 4.78 is 10.6. The summed E-state index contributed by atoms with van der Waals surface area (Å²) in [6.07, 6.45) is 0.546. The lowest BCUT2D eigenvalue weighted by Crippen LogP contribution is -2.55. The van der Waals surface area contributed by atoms with E-state index in [9.17, 15) is 9.59 Å². The molecular formula is C19H29N3O4. The molecule has 2 rings (SSSR count). The highest BCUT2D eigenvalue weighted by Crippen LogP contribution is 2.19. The average molecular weight is 363 g/mol. The summed E-state index contributed by atoms with van der Waals surface area (Å²) in [6.45, 7) is 6.21. The van der Waals surface area contributed by atoms with Crippen LogP contribution in [0.15, 0.2) is 24.3 Å². The summed E-state index contributed by atoms with van der Waals surface area (Å²) in [5, 5.41) is 0. The van der Waals surface area contributed by atoms with Crippen molar-refractivity contribution in [3.63, 3.8) is 0 Å². The van der Waals surface area contributed by atoms with E-state index in [0.29, 0.717) is 26.2 Å². The molecule has 1 heterocycles. The number of nitrogens with two attached hydrogens (primary N) is 1. The first-order valence-electron chi connectivity index (χ1n) is 9.03. The van der Waals surface area contributed by atoms with Crippen molar-refractivity contribution >= 4 is 12.0 Å². The zero-order valence-electron chi connectivity index (χ0n) is 15.8. The van der Waals surface area contributed by atoms with Gasteiger partial charge in [0.15, 0.2) is 0 Å². The number of piperazine rings is 1. The molecule has 0 bridgehead atoms. The number of primary amides is 1. The van der Waals surface area contributed by atoms with Gasteiger partial charge in [0.25, 0.3) is 0 Å². The predicted octanol–water partition coefficient (Wildman–Crippen LogP) is 1.99. The lowest BCUT2D eigenvalue weighted by Gasteiger charge is -2.40. The fourth-order valence-electron chi connectivity index (χ4n) is 2.99. The van der Waals surface area contributed by atoms with Gasteiger partial charge < -0.3 is 20.1 Å². The summed E-state index contributed by atoms with van der Waals surface area (Å²) in [7, 11) is 1.63. The third-order valence-corrected chi connectivity index (χ3v) is 4.72. The number of hydrogen-bond acceptors (Lipinski definition) is 5. The quantitative estimate of drug-likeness (QED) is 0.801. The van der Waals surface area contributed by atoms with E-state index in [-0.39, 0.29) is 30.6 Å². The number of rotatable bonds is 7. The Morgan fingerprint density at radius 2 is 1.96 bits per heavy atom. The van der Waals surface area contributed by atoms with E-state index in [1.165, 1.54) is 0 Å². The SMILES string of the molecule is CCC(C)OC(=O)N1CCN(Cc2ccc(OC)cc2)C(CC(N)=O)C1. The smallest absolute Gasteiger partial charge is 0.410 e. The van der Waals surface area contributed by atoms with E-state index in [2.05, 4.69) is 4.90 Å². The summed E-state index contributed by atoms with van der Waals surface area (Å²) >= 11 is 0. The van der Waals surface area contributed by atoms with Gasteiger partial charge in [-0.15, -0.1) is 0 Å². The average Bonchev–Trinajstić information content (AvgIpc) is 2.63. The first-order chi connectivity index (χ1) is 12.4. The highest BCUT2D eigenvalue weighted by Gasteiger charge is 2.31. The fraction of sp³-hybridized carbons (Fsp3) is 0.579. The standard InChI is InChI=1S/C19H29N3O4/c1-4-14(2)26-19(24)22-10-9-21(16(13-22)11-18(20)23)12-15-5-7-17(25-3)8-6-15/h5-8,14,16H,4,9-13H2,1-3H3,(H2,20,23). The number of carbonyl (C=O) groups excluding carboxylic acids is 2. The lowest BCUT2D eigenvalue weighted by molar-refractivity contribution is -0.120. The van der Waals surface area contributed by atoms with Crippen molar-refractivity contribution in [2.45, 2.75) is 45.4 Å². The minimum Gasteiger partial charge on any atom is -0.497 e. The molecular weight excluding hydrogens is 334 g/mol. The summed E-state index contributed by atoms with van der Waals surface area (Å²) in [5.41, 5.74) is 6.54. The molecule has 0 saturated carbocycles. The summed E-state index contributed by atoms with van der Waals surface area (Å²) in [6, 6.07) is 7.72. The van der Waals surface area contributed by atoms with Gasteiger partial charge in [0.05, 0.1) is 7.11 Å². The van der Waals surface area contributed by atoms with E-state index in [4.69, 9.17) is 15.2 Å². The Hall–Kier alpha value is -2.28. The van der Waals surface area contributed by atoms with Crippen molar-refractivity contribution in [2.75, 3.05) is 26.7 Å². The highest BCUT2D eigenvalue weighted by molar-refractivity contribution is 5.74. The Morgan fingerprint density at radius 3 is 2.54 bits per heavy atom. The molecule has 0 aliphatic carbocycles. The molecule has 1 aliphatic heterocycles. The highest BCUT2D eigenvalue weighted by atomic mass is 16.6. The molecule has 7 nitrogen and oxygen atoms in total. The molecule has 0 spiro atoms. The molecule has 1 saturated heterocycles.